The fourth-order valence-electron chi connectivity index (χ4n) is 4.25. The number of esters is 1. The number of amides is 1. The van der Waals surface area contributed by atoms with E-state index in [-0.39, 0.29) is 46.1 Å². The van der Waals surface area contributed by atoms with Gasteiger partial charge in [0.15, 0.2) is 0 Å². The Morgan fingerprint density at radius 1 is 1.22 bits per heavy atom. The summed E-state index contributed by atoms with van der Waals surface area (Å²) in [5, 5.41) is 11.7. The van der Waals surface area contributed by atoms with E-state index >= 15 is 0 Å². The van der Waals surface area contributed by atoms with E-state index in [2.05, 4.69) is 21.2 Å². The second kappa shape index (κ2) is 5.06. The summed E-state index contributed by atoms with van der Waals surface area (Å²) in [6, 6.07) is 5.98. The van der Waals surface area contributed by atoms with Gasteiger partial charge >= 0.3 is 11.9 Å². The van der Waals surface area contributed by atoms with Gasteiger partial charge in [0.25, 0.3) is 0 Å². The molecule has 120 valence electrons. The Kier molecular flexibility index (Phi) is 3.23. The summed E-state index contributed by atoms with van der Waals surface area (Å²) in [4.78, 5) is 35.6. The number of benzene rings is 1. The maximum atomic E-state index is 12.6. The van der Waals surface area contributed by atoms with Crippen molar-refractivity contribution in [2.45, 2.75) is 17.4 Å². The van der Waals surface area contributed by atoms with Gasteiger partial charge in [-0.1, -0.05) is 15.9 Å². The van der Waals surface area contributed by atoms with E-state index in [4.69, 9.17) is 9.84 Å². The van der Waals surface area contributed by atoms with Crippen LogP contribution in [0.3, 0.4) is 0 Å². The molecule has 0 aromatic heterocycles. The number of ether oxygens (including phenoxy) is 1. The number of halogens is 1. The molecule has 6 atom stereocenters. The summed E-state index contributed by atoms with van der Waals surface area (Å²) in [6.07, 6.45) is 0.726. The lowest BCUT2D eigenvalue weighted by atomic mass is 9.79. The molecule has 1 aromatic rings. The van der Waals surface area contributed by atoms with Crippen molar-refractivity contribution in [3.05, 3.63) is 29.8 Å². The number of carbonyl (C=O) groups excluding carboxylic acids is 2. The van der Waals surface area contributed by atoms with E-state index in [1.165, 1.54) is 12.1 Å². The minimum Gasteiger partial charge on any atom is -0.478 e. The summed E-state index contributed by atoms with van der Waals surface area (Å²) >= 11 is 3.57. The van der Waals surface area contributed by atoms with Gasteiger partial charge in [0.2, 0.25) is 5.91 Å². The number of carboxylic acids is 1. The van der Waals surface area contributed by atoms with Crippen molar-refractivity contribution < 1.29 is 24.2 Å². The molecule has 1 aliphatic heterocycles. The number of hydrogen-bond donors (Lipinski definition) is 2. The highest BCUT2D eigenvalue weighted by Gasteiger charge is 2.67. The van der Waals surface area contributed by atoms with Crippen LogP contribution < -0.4 is 5.32 Å². The van der Waals surface area contributed by atoms with E-state index in [9.17, 15) is 14.4 Å². The molecule has 4 rings (SSSR count). The maximum absolute atomic E-state index is 12.6. The van der Waals surface area contributed by atoms with Crippen molar-refractivity contribution in [2.75, 3.05) is 5.32 Å². The molecule has 23 heavy (non-hydrogen) atoms. The third-order valence-corrected chi connectivity index (χ3v) is 6.43. The van der Waals surface area contributed by atoms with Gasteiger partial charge in [0.1, 0.15) is 6.10 Å². The molecule has 2 N–H and O–H groups in total. The Morgan fingerprint density at radius 3 is 2.57 bits per heavy atom. The third-order valence-electron chi connectivity index (χ3n) is 5.23. The third kappa shape index (κ3) is 2.09. The molecular weight excluding hydrogens is 366 g/mol. The summed E-state index contributed by atoms with van der Waals surface area (Å²) in [5.74, 6) is -2.01. The number of aromatic carboxylic acids is 1. The van der Waals surface area contributed by atoms with Crippen LogP contribution in [0.5, 0.6) is 0 Å². The minimum absolute atomic E-state index is 0.0281. The molecule has 0 radical (unpaired) electrons. The van der Waals surface area contributed by atoms with Crippen LogP contribution in [0, 0.1) is 23.7 Å². The zero-order chi connectivity index (χ0) is 16.3. The first-order valence-corrected chi connectivity index (χ1v) is 8.37. The van der Waals surface area contributed by atoms with E-state index in [1.54, 1.807) is 12.1 Å². The topological polar surface area (TPSA) is 92.7 Å². The maximum Gasteiger partial charge on any atom is 0.335 e. The van der Waals surface area contributed by atoms with Crippen LogP contribution in [-0.2, 0) is 14.3 Å². The van der Waals surface area contributed by atoms with Gasteiger partial charge in [0.05, 0.1) is 22.2 Å². The predicted octanol–water partition coefficient (Wildman–Crippen LogP) is 1.89. The Bertz CT molecular complexity index is 703. The normalized spacial score (nSPS) is 36.8. The number of rotatable bonds is 3. The highest BCUT2D eigenvalue weighted by atomic mass is 79.9. The number of carbonyl (C=O) groups is 3. The SMILES string of the molecule is O=C(O)c1ccc(NC(=O)[C@H]2[C@H]3C[C@H]4[C@H](OC(=O)[C@@H]42)[C@@H]3Br)cc1. The Balaban J connectivity index is 1.53. The lowest BCUT2D eigenvalue weighted by Crippen LogP contribution is -2.40. The number of nitrogens with one attached hydrogen (secondary N) is 1. The van der Waals surface area contributed by atoms with Crippen molar-refractivity contribution in [1.29, 1.82) is 0 Å². The fraction of sp³-hybridized carbons (Fsp3) is 0.438. The number of fused-ring (bicyclic) bond motifs is 1. The fourth-order valence-corrected chi connectivity index (χ4v) is 5.30. The molecule has 1 saturated heterocycles. The average molecular weight is 380 g/mol. The number of carboxylic acid groups (broad SMARTS) is 1. The first-order valence-electron chi connectivity index (χ1n) is 7.46. The zero-order valence-electron chi connectivity index (χ0n) is 11.9. The van der Waals surface area contributed by atoms with Crippen LogP contribution in [0.4, 0.5) is 5.69 Å². The Morgan fingerprint density at radius 2 is 1.91 bits per heavy atom. The standard InChI is InChI=1S/C16H14BrNO5/c17-12-8-5-9-11(16(22)23-13(9)12)10(8)14(19)18-7-3-1-6(2-4-7)15(20)21/h1-4,8-13H,5H2,(H,18,19)(H,20,21)/t8-,9-,10+,11+,12-,13+/m1/s1. The molecule has 3 aliphatic rings. The molecule has 2 saturated carbocycles. The summed E-state index contributed by atoms with van der Waals surface area (Å²) < 4.78 is 5.39. The van der Waals surface area contributed by atoms with Gasteiger partial charge in [-0.15, -0.1) is 0 Å². The van der Waals surface area contributed by atoms with Crippen molar-refractivity contribution in [1.82, 2.24) is 0 Å². The molecule has 1 heterocycles. The quantitative estimate of drug-likeness (QED) is 0.617. The first-order chi connectivity index (χ1) is 11.0. The Labute approximate surface area is 140 Å². The molecule has 7 heteroatoms. The molecule has 0 unspecified atom stereocenters. The second-order valence-electron chi connectivity index (χ2n) is 6.33. The van der Waals surface area contributed by atoms with Crippen molar-refractivity contribution in [2.24, 2.45) is 23.7 Å². The van der Waals surface area contributed by atoms with Crippen molar-refractivity contribution in [3.63, 3.8) is 0 Å². The van der Waals surface area contributed by atoms with Crippen LogP contribution in [-0.4, -0.2) is 33.9 Å². The summed E-state index contributed by atoms with van der Waals surface area (Å²) in [7, 11) is 0. The molecule has 3 fully saturated rings. The molecule has 2 aliphatic carbocycles. The number of hydrogen-bond acceptors (Lipinski definition) is 4. The zero-order valence-corrected chi connectivity index (χ0v) is 13.5. The summed E-state index contributed by atoms with van der Waals surface area (Å²) in [5.41, 5.74) is 0.683. The smallest absolute Gasteiger partial charge is 0.335 e. The minimum atomic E-state index is -1.02. The van der Waals surface area contributed by atoms with Crippen molar-refractivity contribution in [3.8, 4) is 0 Å². The summed E-state index contributed by atoms with van der Waals surface area (Å²) in [6.45, 7) is 0. The molecule has 0 spiro atoms. The lowest BCUT2D eigenvalue weighted by molar-refractivity contribution is -0.145. The van der Waals surface area contributed by atoms with Crippen LogP contribution in [0.15, 0.2) is 24.3 Å². The highest BCUT2D eigenvalue weighted by Crippen LogP contribution is 2.60. The molecular formula is C16H14BrNO5. The van der Waals surface area contributed by atoms with Crippen LogP contribution >= 0.6 is 15.9 Å². The predicted molar refractivity (Wildman–Crippen MR) is 83.2 cm³/mol. The van der Waals surface area contributed by atoms with Gasteiger partial charge in [-0.25, -0.2) is 4.79 Å². The monoisotopic (exact) mass is 379 g/mol. The van der Waals surface area contributed by atoms with Gasteiger partial charge in [-0.3, -0.25) is 9.59 Å². The highest BCUT2D eigenvalue weighted by molar-refractivity contribution is 9.09. The number of alkyl halides is 1. The second-order valence-corrected chi connectivity index (χ2v) is 7.39. The van der Waals surface area contributed by atoms with Gasteiger partial charge in [-0.2, -0.15) is 0 Å². The average Bonchev–Trinajstić information content (AvgIpc) is 3.12. The van der Waals surface area contributed by atoms with E-state index in [1.807, 2.05) is 0 Å². The van der Waals surface area contributed by atoms with Gasteiger partial charge in [0, 0.05) is 11.6 Å². The molecule has 2 bridgehead atoms. The largest absolute Gasteiger partial charge is 0.478 e. The molecule has 1 aromatic carbocycles. The number of anilines is 1. The van der Waals surface area contributed by atoms with Gasteiger partial charge < -0.3 is 15.2 Å². The van der Waals surface area contributed by atoms with E-state index < -0.39 is 11.9 Å². The first kappa shape index (κ1) is 14.7. The van der Waals surface area contributed by atoms with Gasteiger partial charge in [-0.05, 0) is 36.6 Å². The Hall–Kier alpha value is -1.89. The van der Waals surface area contributed by atoms with E-state index in [0.29, 0.717) is 5.69 Å². The lowest BCUT2D eigenvalue weighted by Gasteiger charge is -2.27. The van der Waals surface area contributed by atoms with E-state index in [0.717, 1.165) is 6.42 Å². The van der Waals surface area contributed by atoms with Crippen LogP contribution in [0.2, 0.25) is 0 Å². The van der Waals surface area contributed by atoms with Crippen LogP contribution in [0.1, 0.15) is 16.8 Å². The van der Waals surface area contributed by atoms with Crippen LogP contribution in [0.25, 0.3) is 0 Å². The van der Waals surface area contributed by atoms with Crippen molar-refractivity contribution >= 4 is 39.5 Å². The molecule has 6 nitrogen and oxygen atoms in total. The molecule has 1 amide bonds.